The Balaban J connectivity index is 2.90. The first-order valence-electron chi connectivity index (χ1n) is 3.92. The van der Waals surface area contributed by atoms with Gasteiger partial charge in [-0.15, -0.1) is 11.8 Å². The number of hydrogen-bond acceptors (Lipinski definition) is 4. The van der Waals surface area contributed by atoms with E-state index < -0.39 is 0 Å². The summed E-state index contributed by atoms with van der Waals surface area (Å²) >= 11 is 1.73. The topological polar surface area (TPSA) is 37.8 Å². The molecule has 66 valence electrons. The molecule has 0 saturated carbocycles. The van der Waals surface area contributed by atoms with Crippen LogP contribution < -0.4 is 5.32 Å². The molecule has 0 atom stereocenters. The van der Waals surface area contributed by atoms with Crippen molar-refractivity contribution in [2.75, 3.05) is 18.1 Å². The van der Waals surface area contributed by atoms with Crippen LogP contribution in [0.1, 0.15) is 12.7 Å². The van der Waals surface area contributed by atoms with Gasteiger partial charge >= 0.3 is 0 Å². The molecule has 1 aromatic heterocycles. The average molecular weight is 183 g/mol. The van der Waals surface area contributed by atoms with Crippen molar-refractivity contribution in [1.82, 2.24) is 9.97 Å². The Kier molecular flexibility index (Phi) is 3.34. The van der Waals surface area contributed by atoms with Crippen molar-refractivity contribution in [3.8, 4) is 0 Å². The van der Waals surface area contributed by atoms with Crippen LogP contribution in [0.5, 0.6) is 0 Å². The molecular formula is C8H13N3S. The number of anilines is 1. The highest BCUT2D eigenvalue weighted by Gasteiger charge is 1.98. The van der Waals surface area contributed by atoms with Crippen LogP contribution >= 0.6 is 11.8 Å². The number of rotatable bonds is 3. The van der Waals surface area contributed by atoms with E-state index in [9.17, 15) is 0 Å². The lowest BCUT2D eigenvalue weighted by Gasteiger charge is -2.03. The molecule has 0 aromatic carbocycles. The highest BCUT2D eigenvalue weighted by Crippen LogP contribution is 2.17. The largest absolute Gasteiger partial charge is 0.373 e. The summed E-state index contributed by atoms with van der Waals surface area (Å²) in [7, 11) is 1.86. The van der Waals surface area contributed by atoms with Gasteiger partial charge in [-0.05, 0) is 12.7 Å². The van der Waals surface area contributed by atoms with Crippen LogP contribution in [0.15, 0.2) is 11.1 Å². The van der Waals surface area contributed by atoms with E-state index in [2.05, 4.69) is 22.2 Å². The molecule has 0 saturated heterocycles. The minimum Gasteiger partial charge on any atom is -0.373 e. The standard InChI is InChI=1S/C8H13N3S/c1-4-12-8-5-7(9-3)10-6(2)11-8/h5H,4H2,1-3H3,(H,9,10,11). The third kappa shape index (κ3) is 2.37. The number of aromatic nitrogens is 2. The fourth-order valence-electron chi connectivity index (χ4n) is 0.890. The molecule has 1 heterocycles. The van der Waals surface area contributed by atoms with Gasteiger partial charge in [0.1, 0.15) is 16.7 Å². The molecule has 4 heteroatoms. The fourth-order valence-corrected chi connectivity index (χ4v) is 1.58. The molecule has 3 nitrogen and oxygen atoms in total. The highest BCUT2D eigenvalue weighted by atomic mass is 32.2. The van der Waals surface area contributed by atoms with Crippen molar-refractivity contribution in [2.45, 2.75) is 18.9 Å². The van der Waals surface area contributed by atoms with Crippen LogP contribution in [0.25, 0.3) is 0 Å². The molecular weight excluding hydrogens is 170 g/mol. The van der Waals surface area contributed by atoms with Gasteiger partial charge in [-0.1, -0.05) is 6.92 Å². The van der Waals surface area contributed by atoms with Crippen molar-refractivity contribution in [2.24, 2.45) is 0 Å². The van der Waals surface area contributed by atoms with Crippen molar-refractivity contribution < 1.29 is 0 Å². The lowest BCUT2D eigenvalue weighted by Crippen LogP contribution is -1.97. The molecule has 0 aliphatic heterocycles. The first-order chi connectivity index (χ1) is 5.76. The zero-order valence-electron chi connectivity index (χ0n) is 7.59. The minimum atomic E-state index is 0.817. The molecule has 0 fully saturated rings. The Labute approximate surface area is 77.0 Å². The third-order valence-corrected chi connectivity index (χ3v) is 2.16. The summed E-state index contributed by atoms with van der Waals surface area (Å²) in [6, 6.07) is 1.96. The second-order valence-electron chi connectivity index (χ2n) is 2.32. The molecule has 0 radical (unpaired) electrons. The summed E-state index contributed by atoms with van der Waals surface area (Å²) < 4.78 is 0. The summed E-state index contributed by atoms with van der Waals surface area (Å²) in [4.78, 5) is 8.48. The number of aryl methyl sites for hydroxylation is 1. The molecule has 0 amide bonds. The van der Waals surface area contributed by atoms with Crippen molar-refractivity contribution in [1.29, 1.82) is 0 Å². The molecule has 0 bridgehead atoms. The van der Waals surface area contributed by atoms with Crippen LogP contribution in [0.4, 0.5) is 5.82 Å². The van der Waals surface area contributed by atoms with E-state index in [-0.39, 0.29) is 0 Å². The maximum Gasteiger partial charge on any atom is 0.130 e. The fraction of sp³-hybridized carbons (Fsp3) is 0.500. The Bertz CT molecular complexity index is 262. The van der Waals surface area contributed by atoms with Gasteiger partial charge in [-0.3, -0.25) is 0 Å². The molecule has 0 unspecified atom stereocenters. The van der Waals surface area contributed by atoms with E-state index in [4.69, 9.17) is 0 Å². The first-order valence-corrected chi connectivity index (χ1v) is 4.91. The molecule has 1 N–H and O–H groups in total. The molecule has 0 aliphatic rings. The van der Waals surface area contributed by atoms with E-state index in [0.29, 0.717) is 0 Å². The summed E-state index contributed by atoms with van der Waals surface area (Å²) in [6.45, 7) is 4.02. The number of thioether (sulfide) groups is 1. The zero-order valence-corrected chi connectivity index (χ0v) is 8.40. The Morgan fingerprint density at radius 2 is 2.25 bits per heavy atom. The van der Waals surface area contributed by atoms with Gasteiger partial charge in [-0.2, -0.15) is 0 Å². The van der Waals surface area contributed by atoms with E-state index in [0.717, 1.165) is 22.4 Å². The normalized spacial score (nSPS) is 9.92. The van der Waals surface area contributed by atoms with Gasteiger partial charge in [0.15, 0.2) is 0 Å². The van der Waals surface area contributed by atoms with Gasteiger partial charge in [0.25, 0.3) is 0 Å². The predicted octanol–water partition coefficient (Wildman–Crippen LogP) is 1.94. The third-order valence-electron chi connectivity index (χ3n) is 1.36. The van der Waals surface area contributed by atoms with Crippen LogP contribution in [-0.2, 0) is 0 Å². The van der Waals surface area contributed by atoms with Crippen molar-refractivity contribution >= 4 is 17.6 Å². The van der Waals surface area contributed by atoms with Gasteiger partial charge in [-0.25, -0.2) is 9.97 Å². The zero-order chi connectivity index (χ0) is 8.97. The number of hydrogen-bond donors (Lipinski definition) is 1. The lowest BCUT2D eigenvalue weighted by atomic mass is 10.5. The minimum absolute atomic E-state index is 0.817. The SMILES string of the molecule is CCSc1cc(NC)nc(C)n1. The second-order valence-corrected chi connectivity index (χ2v) is 3.61. The van der Waals surface area contributed by atoms with E-state index in [1.54, 1.807) is 11.8 Å². The summed E-state index contributed by atoms with van der Waals surface area (Å²) in [5.74, 6) is 2.75. The van der Waals surface area contributed by atoms with Crippen LogP contribution in [-0.4, -0.2) is 22.8 Å². The maximum atomic E-state index is 4.28. The number of nitrogens with one attached hydrogen (secondary N) is 1. The smallest absolute Gasteiger partial charge is 0.130 e. The van der Waals surface area contributed by atoms with E-state index in [1.807, 2.05) is 20.0 Å². The average Bonchev–Trinajstić information content (AvgIpc) is 2.04. The van der Waals surface area contributed by atoms with Crippen LogP contribution in [0.2, 0.25) is 0 Å². The molecule has 1 aromatic rings. The summed E-state index contributed by atoms with van der Waals surface area (Å²) in [5, 5.41) is 4.04. The monoisotopic (exact) mass is 183 g/mol. The molecule has 1 rings (SSSR count). The quantitative estimate of drug-likeness (QED) is 0.574. The Morgan fingerprint density at radius 3 is 2.83 bits per heavy atom. The van der Waals surface area contributed by atoms with Crippen LogP contribution in [0.3, 0.4) is 0 Å². The summed E-state index contributed by atoms with van der Waals surface area (Å²) in [5.41, 5.74) is 0. The van der Waals surface area contributed by atoms with E-state index in [1.165, 1.54) is 0 Å². The highest BCUT2D eigenvalue weighted by molar-refractivity contribution is 7.99. The van der Waals surface area contributed by atoms with Crippen molar-refractivity contribution in [3.05, 3.63) is 11.9 Å². The van der Waals surface area contributed by atoms with Crippen molar-refractivity contribution in [3.63, 3.8) is 0 Å². The first kappa shape index (κ1) is 9.32. The van der Waals surface area contributed by atoms with Crippen LogP contribution in [0, 0.1) is 6.92 Å². The van der Waals surface area contributed by atoms with Gasteiger partial charge < -0.3 is 5.32 Å². The maximum absolute atomic E-state index is 4.28. The summed E-state index contributed by atoms with van der Waals surface area (Å²) in [6.07, 6.45) is 0. The van der Waals surface area contributed by atoms with Gasteiger partial charge in [0.2, 0.25) is 0 Å². The lowest BCUT2D eigenvalue weighted by molar-refractivity contribution is 0.969. The van der Waals surface area contributed by atoms with Gasteiger partial charge in [0.05, 0.1) is 0 Å². The molecule has 0 aliphatic carbocycles. The Morgan fingerprint density at radius 1 is 1.50 bits per heavy atom. The molecule has 12 heavy (non-hydrogen) atoms. The van der Waals surface area contributed by atoms with E-state index >= 15 is 0 Å². The number of nitrogens with zero attached hydrogens (tertiary/aromatic N) is 2. The molecule has 0 spiro atoms. The second kappa shape index (κ2) is 4.30. The Hall–Kier alpha value is -0.770. The van der Waals surface area contributed by atoms with Gasteiger partial charge in [0, 0.05) is 13.1 Å². The predicted molar refractivity (Wildman–Crippen MR) is 52.7 cm³/mol.